The molecule has 1 aliphatic heterocycles. The molecule has 0 saturated carbocycles. The molecule has 3 aromatic carbocycles. The van der Waals surface area contributed by atoms with Crippen molar-refractivity contribution in [2.75, 3.05) is 6.61 Å². The molecule has 1 heterocycles. The van der Waals surface area contributed by atoms with E-state index < -0.39 is 75.4 Å². The fourth-order valence-corrected chi connectivity index (χ4v) is 3.99. The Labute approximate surface area is 199 Å². The highest BCUT2D eigenvalue weighted by molar-refractivity contribution is 5.66. The summed E-state index contributed by atoms with van der Waals surface area (Å²) in [7, 11) is 0. The number of ether oxygens (including phenoxy) is 2. The SMILES string of the molecule is CC1CCC(c2cc(F)c(-c3cc(F)c(C(F)(F)Oc4cc(F)c(F)c(F)c4)c(F)c3)c(F)c2)OC1. The average Bonchev–Trinajstić information content (AvgIpc) is 2.76. The second kappa shape index (κ2) is 9.68. The molecule has 3 aromatic rings. The van der Waals surface area contributed by atoms with Crippen molar-refractivity contribution >= 4 is 0 Å². The minimum absolute atomic E-state index is 0.0551. The molecule has 0 radical (unpaired) electrons. The van der Waals surface area contributed by atoms with Crippen LogP contribution in [0.3, 0.4) is 0 Å². The van der Waals surface area contributed by atoms with Crippen molar-refractivity contribution in [1.29, 1.82) is 0 Å². The molecule has 0 N–H and O–H groups in total. The molecule has 1 fully saturated rings. The molecule has 1 aliphatic rings. The van der Waals surface area contributed by atoms with E-state index in [-0.39, 0.29) is 35.7 Å². The Bertz CT molecular complexity index is 1230. The highest BCUT2D eigenvalue weighted by atomic mass is 19.3. The van der Waals surface area contributed by atoms with Gasteiger partial charge in [0.15, 0.2) is 17.5 Å². The standard InChI is InChI=1S/C25H17F9O2/c1-11-2-3-21(35-10-11)12-4-15(26)22(16(27)5-12)13-6-17(28)23(18(29)7-13)25(33,34)36-14-8-19(30)24(32)20(31)9-14/h4-9,11,21H,2-3,10H2,1H3. The van der Waals surface area contributed by atoms with Crippen LogP contribution in [0.2, 0.25) is 0 Å². The second-order valence-electron chi connectivity index (χ2n) is 8.50. The summed E-state index contributed by atoms with van der Waals surface area (Å²) >= 11 is 0. The molecule has 0 amide bonds. The summed E-state index contributed by atoms with van der Waals surface area (Å²) in [6, 6.07) is 2.53. The van der Waals surface area contributed by atoms with Crippen molar-refractivity contribution in [1.82, 2.24) is 0 Å². The number of hydrogen-bond acceptors (Lipinski definition) is 2. The number of alkyl halides is 2. The maximum absolute atomic E-state index is 14.8. The molecule has 2 nitrogen and oxygen atoms in total. The van der Waals surface area contributed by atoms with Crippen LogP contribution in [-0.4, -0.2) is 6.61 Å². The number of halogens is 9. The predicted octanol–water partition coefficient (Wildman–Crippen LogP) is 7.94. The lowest BCUT2D eigenvalue weighted by atomic mass is 9.93. The van der Waals surface area contributed by atoms with E-state index in [1.165, 1.54) is 0 Å². The van der Waals surface area contributed by atoms with Gasteiger partial charge in [-0.05, 0) is 54.2 Å². The Morgan fingerprint density at radius 2 is 1.31 bits per heavy atom. The molecule has 1 saturated heterocycles. The highest BCUT2D eigenvalue weighted by Gasteiger charge is 2.42. The Hall–Kier alpha value is -3.21. The van der Waals surface area contributed by atoms with Gasteiger partial charge in [0.25, 0.3) is 0 Å². The molecule has 0 aliphatic carbocycles. The molecule has 192 valence electrons. The van der Waals surface area contributed by atoms with Crippen LogP contribution >= 0.6 is 0 Å². The number of hydrogen-bond donors (Lipinski definition) is 0. The van der Waals surface area contributed by atoms with Gasteiger partial charge < -0.3 is 9.47 Å². The van der Waals surface area contributed by atoms with Gasteiger partial charge in [-0.1, -0.05) is 6.92 Å². The van der Waals surface area contributed by atoms with Gasteiger partial charge in [-0.2, -0.15) is 8.78 Å². The molecule has 2 unspecified atom stereocenters. The van der Waals surface area contributed by atoms with E-state index in [0.717, 1.165) is 18.6 Å². The van der Waals surface area contributed by atoms with Crippen LogP contribution in [0, 0.1) is 46.6 Å². The van der Waals surface area contributed by atoms with Crippen molar-refractivity contribution in [3.05, 3.63) is 88.2 Å². The smallest absolute Gasteiger partial charge is 0.429 e. The number of rotatable bonds is 5. The van der Waals surface area contributed by atoms with Gasteiger partial charge in [0.1, 0.15) is 34.6 Å². The Kier molecular flexibility index (Phi) is 6.96. The van der Waals surface area contributed by atoms with Gasteiger partial charge in [-0.25, -0.2) is 30.7 Å². The third-order valence-corrected chi connectivity index (χ3v) is 5.76. The summed E-state index contributed by atoms with van der Waals surface area (Å²) in [5, 5.41) is 0. The summed E-state index contributed by atoms with van der Waals surface area (Å²) in [6.07, 6.45) is -4.14. The zero-order chi connectivity index (χ0) is 26.4. The van der Waals surface area contributed by atoms with Crippen LogP contribution in [-0.2, 0) is 10.8 Å². The Balaban J connectivity index is 1.66. The first-order valence-corrected chi connectivity index (χ1v) is 10.7. The third-order valence-electron chi connectivity index (χ3n) is 5.76. The van der Waals surface area contributed by atoms with Crippen LogP contribution in [0.4, 0.5) is 39.5 Å². The average molecular weight is 520 g/mol. The van der Waals surface area contributed by atoms with Crippen LogP contribution in [0.1, 0.15) is 37.0 Å². The van der Waals surface area contributed by atoms with Crippen molar-refractivity contribution in [3.8, 4) is 16.9 Å². The molecule has 0 spiro atoms. The van der Waals surface area contributed by atoms with E-state index in [1.54, 1.807) is 0 Å². The molecule has 0 bridgehead atoms. The van der Waals surface area contributed by atoms with Crippen LogP contribution in [0.25, 0.3) is 11.1 Å². The zero-order valence-electron chi connectivity index (χ0n) is 18.5. The first-order chi connectivity index (χ1) is 16.9. The summed E-state index contributed by atoms with van der Waals surface area (Å²) in [4.78, 5) is 0. The van der Waals surface area contributed by atoms with Crippen LogP contribution in [0.5, 0.6) is 5.75 Å². The first-order valence-electron chi connectivity index (χ1n) is 10.7. The van der Waals surface area contributed by atoms with Gasteiger partial charge in [-0.3, -0.25) is 0 Å². The fraction of sp³-hybridized carbons (Fsp3) is 0.280. The lowest BCUT2D eigenvalue weighted by Crippen LogP contribution is -2.25. The van der Waals surface area contributed by atoms with Crippen molar-refractivity contribution in [2.45, 2.75) is 32.0 Å². The van der Waals surface area contributed by atoms with Gasteiger partial charge >= 0.3 is 6.11 Å². The van der Waals surface area contributed by atoms with E-state index >= 15 is 0 Å². The predicted molar refractivity (Wildman–Crippen MR) is 110 cm³/mol. The minimum atomic E-state index is -4.83. The van der Waals surface area contributed by atoms with Crippen LogP contribution < -0.4 is 4.74 Å². The lowest BCUT2D eigenvalue weighted by molar-refractivity contribution is -0.189. The number of benzene rings is 3. The molecule has 2 atom stereocenters. The molecule has 4 rings (SSSR count). The highest BCUT2D eigenvalue weighted by Crippen LogP contribution is 2.39. The molecule has 36 heavy (non-hydrogen) atoms. The first kappa shape index (κ1) is 25.9. The molecule has 0 aromatic heterocycles. The van der Waals surface area contributed by atoms with E-state index in [0.29, 0.717) is 13.0 Å². The summed E-state index contributed by atoms with van der Waals surface area (Å²) < 4.78 is 137. The third kappa shape index (κ3) is 5.02. The van der Waals surface area contributed by atoms with Gasteiger partial charge in [0.05, 0.1) is 11.7 Å². The molecular formula is C25H17F9O2. The van der Waals surface area contributed by atoms with Gasteiger partial charge in [-0.15, -0.1) is 0 Å². The Morgan fingerprint density at radius 3 is 1.81 bits per heavy atom. The molecular weight excluding hydrogens is 503 g/mol. The van der Waals surface area contributed by atoms with E-state index in [9.17, 15) is 39.5 Å². The summed E-state index contributed by atoms with van der Waals surface area (Å²) in [5.74, 6) is -13.0. The minimum Gasteiger partial charge on any atom is -0.429 e. The molecule has 11 heteroatoms. The monoisotopic (exact) mass is 520 g/mol. The summed E-state index contributed by atoms with van der Waals surface area (Å²) in [5.41, 5.74) is -3.39. The van der Waals surface area contributed by atoms with Crippen molar-refractivity contribution in [3.63, 3.8) is 0 Å². The maximum atomic E-state index is 14.8. The van der Waals surface area contributed by atoms with Gasteiger partial charge in [0.2, 0.25) is 0 Å². The zero-order valence-corrected chi connectivity index (χ0v) is 18.5. The topological polar surface area (TPSA) is 18.5 Å². The maximum Gasteiger partial charge on any atom is 0.432 e. The largest absolute Gasteiger partial charge is 0.432 e. The lowest BCUT2D eigenvalue weighted by Gasteiger charge is -2.27. The van der Waals surface area contributed by atoms with Gasteiger partial charge in [0, 0.05) is 18.7 Å². The van der Waals surface area contributed by atoms with Crippen molar-refractivity contribution in [2.24, 2.45) is 5.92 Å². The quantitative estimate of drug-likeness (QED) is 0.251. The Morgan fingerprint density at radius 1 is 0.750 bits per heavy atom. The normalized spacial score (nSPS) is 18.4. The van der Waals surface area contributed by atoms with E-state index in [1.807, 2.05) is 6.92 Å². The van der Waals surface area contributed by atoms with Crippen molar-refractivity contribution < 1.29 is 49.0 Å². The van der Waals surface area contributed by atoms with E-state index in [2.05, 4.69) is 4.74 Å². The summed E-state index contributed by atoms with van der Waals surface area (Å²) in [6.45, 7) is 2.35. The fourth-order valence-electron chi connectivity index (χ4n) is 3.99. The van der Waals surface area contributed by atoms with E-state index in [4.69, 9.17) is 4.74 Å². The second-order valence-corrected chi connectivity index (χ2v) is 8.50. The van der Waals surface area contributed by atoms with Crippen LogP contribution in [0.15, 0.2) is 36.4 Å².